The van der Waals surface area contributed by atoms with Crippen molar-refractivity contribution in [1.29, 1.82) is 0 Å². The zero-order valence-electron chi connectivity index (χ0n) is 14.1. The van der Waals surface area contributed by atoms with Gasteiger partial charge in [-0.05, 0) is 43.3 Å². The predicted octanol–water partition coefficient (Wildman–Crippen LogP) is 5.42. The standard InChI is InChI=1S/C19H17Cl2NO4/c1-2-24-18-16(20)9-13(10-17(18)21)19(23)22(11-14-5-3-7-25-14)12-15-6-4-8-26-15/h3-10H,2,11-12H2,1H3. The summed E-state index contributed by atoms with van der Waals surface area (Å²) in [5, 5.41) is 0.581. The van der Waals surface area contributed by atoms with Crippen LogP contribution in [0.2, 0.25) is 10.0 Å². The van der Waals surface area contributed by atoms with Crippen molar-refractivity contribution in [2.75, 3.05) is 6.61 Å². The number of hydrogen-bond acceptors (Lipinski definition) is 4. The van der Waals surface area contributed by atoms with Gasteiger partial charge in [0.1, 0.15) is 11.5 Å². The molecule has 0 unspecified atom stereocenters. The summed E-state index contributed by atoms with van der Waals surface area (Å²) in [4.78, 5) is 14.7. The average Bonchev–Trinajstić information content (AvgIpc) is 3.30. The van der Waals surface area contributed by atoms with Gasteiger partial charge in [0.05, 0.1) is 42.3 Å². The quantitative estimate of drug-likeness (QED) is 0.537. The van der Waals surface area contributed by atoms with Crippen LogP contribution in [0.5, 0.6) is 5.75 Å². The average molecular weight is 394 g/mol. The summed E-state index contributed by atoms with van der Waals surface area (Å²) in [6.07, 6.45) is 3.13. The third-order valence-corrected chi connectivity index (χ3v) is 4.24. The zero-order chi connectivity index (χ0) is 18.5. The van der Waals surface area contributed by atoms with Gasteiger partial charge in [-0.1, -0.05) is 23.2 Å². The van der Waals surface area contributed by atoms with Gasteiger partial charge in [-0.2, -0.15) is 0 Å². The zero-order valence-corrected chi connectivity index (χ0v) is 15.6. The number of furan rings is 2. The molecule has 2 heterocycles. The Morgan fingerprint density at radius 3 is 2.00 bits per heavy atom. The minimum absolute atomic E-state index is 0.246. The molecule has 26 heavy (non-hydrogen) atoms. The second kappa shape index (κ2) is 8.34. The van der Waals surface area contributed by atoms with Crippen molar-refractivity contribution in [3.63, 3.8) is 0 Å². The van der Waals surface area contributed by atoms with Gasteiger partial charge in [-0.3, -0.25) is 4.79 Å². The van der Waals surface area contributed by atoms with E-state index in [4.69, 9.17) is 36.8 Å². The third-order valence-electron chi connectivity index (χ3n) is 3.67. The Morgan fingerprint density at radius 2 is 1.58 bits per heavy atom. The molecule has 0 radical (unpaired) electrons. The van der Waals surface area contributed by atoms with Gasteiger partial charge in [-0.15, -0.1) is 0 Å². The van der Waals surface area contributed by atoms with E-state index in [0.717, 1.165) is 0 Å². The molecule has 0 saturated carbocycles. The molecule has 3 rings (SSSR count). The van der Waals surface area contributed by atoms with Crippen LogP contribution in [0, 0.1) is 0 Å². The molecule has 0 saturated heterocycles. The molecule has 136 valence electrons. The number of rotatable bonds is 7. The number of benzene rings is 1. The number of halogens is 2. The van der Waals surface area contributed by atoms with E-state index in [1.807, 2.05) is 6.92 Å². The highest BCUT2D eigenvalue weighted by Crippen LogP contribution is 2.34. The minimum Gasteiger partial charge on any atom is -0.491 e. The summed E-state index contributed by atoms with van der Waals surface area (Å²) in [7, 11) is 0. The summed E-state index contributed by atoms with van der Waals surface area (Å²) in [6, 6.07) is 10.3. The van der Waals surface area contributed by atoms with Gasteiger partial charge < -0.3 is 18.5 Å². The summed E-state index contributed by atoms with van der Waals surface area (Å²) in [5.41, 5.74) is 0.363. The second-order valence-electron chi connectivity index (χ2n) is 5.52. The van der Waals surface area contributed by atoms with E-state index in [1.165, 1.54) is 0 Å². The summed E-state index contributed by atoms with van der Waals surface area (Å²) in [6.45, 7) is 2.83. The van der Waals surface area contributed by atoms with Crippen LogP contribution in [0.25, 0.3) is 0 Å². The monoisotopic (exact) mass is 393 g/mol. The van der Waals surface area contributed by atoms with Gasteiger partial charge in [-0.25, -0.2) is 0 Å². The van der Waals surface area contributed by atoms with Crippen molar-refractivity contribution in [2.45, 2.75) is 20.0 Å². The molecule has 3 aromatic rings. The third kappa shape index (κ3) is 4.23. The Bertz CT molecular complexity index is 801. The molecule has 1 aromatic carbocycles. The molecule has 1 amide bonds. The Hall–Kier alpha value is -2.37. The first-order valence-electron chi connectivity index (χ1n) is 8.04. The van der Waals surface area contributed by atoms with Crippen molar-refractivity contribution >= 4 is 29.1 Å². The number of ether oxygens (including phenoxy) is 1. The lowest BCUT2D eigenvalue weighted by Gasteiger charge is -2.21. The first-order valence-corrected chi connectivity index (χ1v) is 8.80. The lowest BCUT2D eigenvalue weighted by molar-refractivity contribution is 0.0705. The van der Waals surface area contributed by atoms with Crippen LogP contribution in [0.1, 0.15) is 28.8 Å². The van der Waals surface area contributed by atoms with E-state index in [1.54, 1.807) is 53.8 Å². The largest absolute Gasteiger partial charge is 0.491 e. The molecule has 0 bridgehead atoms. The Morgan fingerprint density at radius 1 is 1.04 bits per heavy atom. The van der Waals surface area contributed by atoms with Gasteiger partial charge in [0.25, 0.3) is 5.91 Å². The molecule has 0 spiro atoms. The molecule has 2 aromatic heterocycles. The van der Waals surface area contributed by atoms with Crippen molar-refractivity contribution in [3.05, 3.63) is 76.1 Å². The number of hydrogen-bond donors (Lipinski definition) is 0. The van der Waals surface area contributed by atoms with E-state index < -0.39 is 0 Å². The van der Waals surface area contributed by atoms with Crippen LogP contribution in [0.3, 0.4) is 0 Å². The lowest BCUT2D eigenvalue weighted by Crippen LogP contribution is -2.30. The molecule has 0 aliphatic carbocycles. The number of carbonyl (C=O) groups excluding carboxylic acids is 1. The number of carbonyl (C=O) groups is 1. The van der Waals surface area contributed by atoms with Gasteiger partial charge in [0.2, 0.25) is 0 Å². The summed E-state index contributed by atoms with van der Waals surface area (Å²) >= 11 is 12.5. The van der Waals surface area contributed by atoms with Crippen LogP contribution in [0.15, 0.2) is 57.8 Å². The summed E-state index contributed by atoms with van der Waals surface area (Å²) < 4.78 is 16.2. The Kier molecular flexibility index (Phi) is 5.91. The molecule has 0 fully saturated rings. The molecular weight excluding hydrogens is 377 g/mol. The van der Waals surface area contributed by atoms with Crippen LogP contribution in [-0.2, 0) is 13.1 Å². The molecule has 0 aliphatic heterocycles. The lowest BCUT2D eigenvalue weighted by atomic mass is 10.1. The topological polar surface area (TPSA) is 55.8 Å². The SMILES string of the molecule is CCOc1c(Cl)cc(C(=O)N(Cc2ccco2)Cc2ccco2)cc1Cl. The first kappa shape index (κ1) is 18.4. The van der Waals surface area contributed by atoms with Gasteiger partial charge >= 0.3 is 0 Å². The van der Waals surface area contributed by atoms with Crippen molar-refractivity contribution in [2.24, 2.45) is 0 Å². The van der Waals surface area contributed by atoms with Gasteiger partial charge in [0.15, 0.2) is 5.75 Å². The molecule has 0 aliphatic rings. The van der Waals surface area contributed by atoms with E-state index in [9.17, 15) is 4.79 Å². The van der Waals surface area contributed by atoms with Crippen molar-refractivity contribution in [1.82, 2.24) is 4.90 Å². The Balaban J connectivity index is 1.89. The van der Waals surface area contributed by atoms with E-state index in [-0.39, 0.29) is 19.0 Å². The van der Waals surface area contributed by atoms with Crippen molar-refractivity contribution in [3.8, 4) is 5.75 Å². The van der Waals surface area contributed by atoms with Crippen LogP contribution in [0.4, 0.5) is 0 Å². The maximum Gasteiger partial charge on any atom is 0.254 e. The Labute approximate surface area is 161 Å². The van der Waals surface area contributed by atoms with E-state index >= 15 is 0 Å². The number of amides is 1. The fourth-order valence-electron chi connectivity index (χ4n) is 2.53. The normalized spacial score (nSPS) is 10.7. The fraction of sp³-hybridized carbons (Fsp3) is 0.211. The first-order chi connectivity index (χ1) is 12.6. The maximum absolute atomic E-state index is 13.1. The van der Waals surface area contributed by atoms with Crippen LogP contribution in [-0.4, -0.2) is 17.4 Å². The molecule has 5 nitrogen and oxygen atoms in total. The minimum atomic E-state index is -0.246. The highest BCUT2D eigenvalue weighted by molar-refractivity contribution is 6.37. The fourth-order valence-corrected chi connectivity index (χ4v) is 3.13. The van der Waals surface area contributed by atoms with Gasteiger partial charge in [0, 0.05) is 5.56 Å². The van der Waals surface area contributed by atoms with E-state index in [2.05, 4.69) is 0 Å². The van der Waals surface area contributed by atoms with Crippen molar-refractivity contribution < 1.29 is 18.4 Å². The molecule has 0 N–H and O–H groups in total. The molecular formula is C19H17Cl2NO4. The van der Waals surface area contributed by atoms with E-state index in [0.29, 0.717) is 39.5 Å². The molecule has 0 atom stereocenters. The summed E-state index contributed by atoms with van der Waals surface area (Å²) in [5.74, 6) is 1.45. The second-order valence-corrected chi connectivity index (χ2v) is 6.34. The maximum atomic E-state index is 13.1. The predicted molar refractivity (Wildman–Crippen MR) is 98.6 cm³/mol. The van der Waals surface area contributed by atoms with Crippen LogP contribution < -0.4 is 4.74 Å². The highest BCUT2D eigenvalue weighted by atomic mass is 35.5. The highest BCUT2D eigenvalue weighted by Gasteiger charge is 2.21. The number of nitrogens with zero attached hydrogens (tertiary/aromatic N) is 1. The smallest absolute Gasteiger partial charge is 0.254 e. The van der Waals surface area contributed by atoms with Crippen LogP contribution >= 0.6 is 23.2 Å². The molecule has 7 heteroatoms.